The highest BCUT2D eigenvalue weighted by molar-refractivity contribution is 6.04. The summed E-state index contributed by atoms with van der Waals surface area (Å²) >= 11 is 0. The molecule has 5 heteroatoms. The summed E-state index contributed by atoms with van der Waals surface area (Å²) in [5.41, 5.74) is 0.168. The molecule has 1 aromatic heterocycles. The Kier molecular flexibility index (Phi) is 3.28. The van der Waals surface area contributed by atoms with E-state index in [0.717, 1.165) is 0 Å². The minimum Gasteiger partial charge on any atom is -0.298 e. The molecular formula is C9H10N2O3. The third-order valence-electron chi connectivity index (χ3n) is 1.81. The summed E-state index contributed by atoms with van der Waals surface area (Å²) in [7, 11) is 0. The number of aldehydes is 2. The van der Waals surface area contributed by atoms with Crippen molar-refractivity contribution < 1.29 is 14.4 Å². The fraction of sp³-hybridized carbons (Fsp3) is 0.333. The number of ketones is 1. The van der Waals surface area contributed by atoms with E-state index in [-0.39, 0.29) is 22.7 Å². The third kappa shape index (κ3) is 1.76. The van der Waals surface area contributed by atoms with E-state index in [1.165, 1.54) is 0 Å². The van der Waals surface area contributed by atoms with Crippen molar-refractivity contribution in [2.75, 3.05) is 0 Å². The predicted octanol–water partition coefficient (Wildman–Crippen LogP) is 1.02. The van der Waals surface area contributed by atoms with Crippen molar-refractivity contribution in [2.45, 2.75) is 19.8 Å². The highest BCUT2D eigenvalue weighted by Gasteiger charge is 2.17. The molecule has 0 atom stereocenters. The second-order valence-corrected chi connectivity index (χ2v) is 2.81. The topological polar surface area (TPSA) is 79.9 Å². The van der Waals surface area contributed by atoms with Gasteiger partial charge in [0, 0.05) is 6.42 Å². The molecule has 0 spiro atoms. The second-order valence-electron chi connectivity index (χ2n) is 2.81. The normalized spacial score (nSPS) is 9.79. The van der Waals surface area contributed by atoms with Crippen molar-refractivity contribution in [1.82, 2.24) is 10.2 Å². The SMILES string of the molecule is CCCC(=O)c1n[nH]c(C=O)c1C=O. The molecule has 1 rings (SSSR count). The Bertz CT molecular complexity index is 368. The van der Waals surface area contributed by atoms with Gasteiger partial charge in [-0.05, 0) is 6.42 Å². The van der Waals surface area contributed by atoms with Crippen LogP contribution in [0.1, 0.15) is 51.1 Å². The quantitative estimate of drug-likeness (QED) is 0.560. The lowest BCUT2D eigenvalue weighted by atomic mass is 10.1. The Morgan fingerprint density at radius 2 is 2.14 bits per heavy atom. The predicted molar refractivity (Wildman–Crippen MR) is 48.6 cm³/mol. The lowest BCUT2D eigenvalue weighted by molar-refractivity contribution is 0.0970. The average molecular weight is 194 g/mol. The van der Waals surface area contributed by atoms with E-state index in [0.29, 0.717) is 25.4 Å². The van der Waals surface area contributed by atoms with Gasteiger partial charge in [-0.2, -0.15) is 5.10 Å². The number of hydrogen-bond acceptors (Lipinski definition) is 4. The molecule has 0 fully saturated rings. The molecule has 0 aliphatic rings. The van der Waals surface area contributed by atoms with Crippen LogP contribution in [-0.4, -0.2) is 28.6 Å². The minimum absolute atomic E-state index is 0.0541. The van der Waals surface area contributed by atoms with Gasteiger partial charge in [-0.3, -0.25) is 19.5 Å². The van der Waals surface area contributed by atoms with Crippen LogP contribution in [0.2, 0.25) is 0 Å². The van der Waals surface area contributed by atoms with Crippen molar-refractivity contribution in [3.05, 3.63) is 17.0 Å². The summed E-state index contributed by atoms with van der Waals surface area (Å²) in [6.45, 7) is 1.85. The van der Waals surface area contributed by atoms with Crippen LogP contribution in [0.25, 0.3) is 0 Å². The first-order valence-electron chi connectivity index (χ1n) is 4.26. The largest absolute Gasteiger partial charge is 0.298 e. The van der Waals surface area contributed by atoms with E-state index in [9.17, 15) is 14.4 Å². The molecule has 74 valence electrons. The van der Waals surface area contributed by atoms with E-state index >= 15 is 0 Å². The summed E-state index contributed by atoms with van der Waals surface area (Å²) < 4.78 is 0. The van der Waals surface area contributed by atoms with E-state index < -0.39 is 0 Å². The van der Waals surface area contributed by atoms with Gasteiger partial charge in [-0.15, -0.1) is 0 Å². The van der Waals surface area contributed by atoms with E-state index in [1.54, 1.807) is 0 Å². The molecule has 5 nitrogen and oxygen atoms in total. The molecule has 0 saturated heterocycles. The van der Waals surface area contributed by atoms with Crippen LogP contribution in [0.5, 0.6) is 0 Å². The fourth-order valence-corrected chi connectivity index (χ4v) is 1.13. The van der Waals surface area contributed by atoms with Gasteiger partial charge in [-0.1, -0.05) is 6.92 Å². The van der Waals surface area contributed by atoms with Gasteiger partial charge in [0.2, 0.25) is 0 Å². The number of H-pyrrole nitrogens is 1. The number of aromatic nitrogens is 2. The van der Waals surface area contributed by atoms with Crippen LogP contribution < -0.4 is 0 Å². The Morgan fingerprint density at radius 3 is 2.64 bits per heavy atom. The summed E-state index contributed by atoms with van der Waals surface area (Å²) in [6, 6.07) is 0. The molecule has 14 heavy (non-hydrogen) atoms. The Labute approximate surface area is 80.5 Å². The molecule has 1 heterocycles. The first-order valence-corrected chi connectivity index (χ1v) is 4.26. The highest BCUT2D eigenvalue weighted by atomic mass is 16.1. The molecule has 0 aromatic carbocycles. The number of carbonyl (C=O) groups is 3. The minimum atomic E-state index is -0.223. The van der Waals surface area contributed by atoms with Crippen molar-refractivity contribution in [3.63, 3.8) is 0 Å². The van der Waals surface area contributed by atoms with Gasteiger partial charge in [0.05, 0.1) is 5.56 Å². The maximum Gasteiger partial charge on any atom is 0.183 e. The van der Waals surface area contributed by atoms with Crippen molar-refractivity contribution in [3.8, 4) is 0 Å². The maximum absolute atomic E-state index is 11.4. The van der Waals surface area contributed by atoms with Gasteiger partial charge < -0.3 is 0 Å². The number of aromatic amines is 1. The second kappa shape index (κ2) is 4.45. The standard InChI is InChI=1S/C9H10N2O3/c1-2-3-8(14)9-6(4-12)7(5-13)10-11-9/h4-5H,2-3H2,1H3,(H,10,11). The lowest BCUT2D eigenvalue weighted by Crippen LogP contribution is -2.02. The first kappa shape index (κ1) is 10.3. The zero-order valence-electron chi connectivity index (χ0n) is 7.74. The van der Waals surface area contributed by atoms with Gasteiger partial charge in [0.1, 0.15) is 11.4 Å². The lowest BCUT2D eigenvalue weighted by Gasteiger charge is -1.93. The molecule has 0 saturated carbocycles. The van der Waals surface area contributed by atoms with Crippen LogP contribution in [0, 0.1) is 0 Å². The van der Waals surface area contributed by atoms with Crippen LogP contribution >= 0.6 is 0 Å². The molecule has 0 aliphatic carbocycles. The number of hydrogen-bond donors (Lipinski definition) is 1. The summed E-state index contributed by atoms with van der Waals surface area (Å²) in [5, 5.41) is 5.98. The molecule has 1 aromatic rings. The number of nitrogens with one attached hydrogen (secondary N) is 1. The highest BCUT2D eigenvalue weighted by Crippen LogP contribution is 2.10. The number of rotatable bonds is 5. The average Bonchev–Trinajstić information content (AvgIpc) is 2.60. The molecule has 0 unspecified atom stereocenters. The van der Waals surface area contributed by atoms with Crippen molar-refractivity contribution in [1.29, 1.82) is 0 Å². The molecule has 0 aliphatic heterocycles. The molecule has 1 N–H and O–H groups in total. The third-order valence-corrected chi connectivity index (χ3v) is 1.81. The van der Waals surface area contributed by atoms with E-state index in [1.807, 2.05) is 6.92 Å². The van der Waals surface area contributed by atoms with Crippen LogP contribution in [0.3, 0.4) is 0 Å². The van der Waals surface area contributed by atoms with Crippen LogP contribution in [0.15, 0.2) is 0 Å². The molecule has 0 radical (unpaired) electrons. The van der Waals surface area contributed by atoms with E-state index in [2.05, 4.69) is 10.2 Å². The number of nitrogens with zero attached hydrogens (tertiary/aromatic N) is 1. The Morgan fingerprint density at radius 1 is 1.43 bits per heavy atom. The molecule has 0 bridgehead atoms. The van der Waals surface area contributed by atoms with Crippen molar-refractivity contribution in [2.24, 2.45) is 0 Å². The zero-order valence-corrected chi connectivity index (χ0v) is 7.74. The summed E-state index contributed by atoms with van der Waals surface area (Å²) in [5.74, 6) is -0.223. The molecule has 0 amide bonds. The monoisotopic (exact) mass is 194 g/mol. The maximum atomic E-state index is 11.4. The van der Waals surface area contributed by atoms with Gasteiger partial charge in [0.25, 0.3) is 0 Å². The zero-order chi connectivity index (χ0) is 10.6. The first-order chi connectivity index (χ1) is 6.74. The van der Waals surface area contributed by atoms with Gasteiger partial charge >= 0.3 is 0 Å². The fourth-order valence-electron chi connectivity index (χ4n) is 1.13. The smallest absolute Gasteiger partial charge is 0.183 e. The number of carbonyl (C=O) groups excluding carboxylic acids is 3. The van der Waals surface area contributed by atoms with Crippen molar-refractivity contribution >= 4 is 18.4 Å². The van der Waals surface area contributed by atoms with Gasteiger partial charge in [0.15, 0.2) is 18.4 Å². The Balaban J connectivity index is 3.08. The van der Waals surface area contributed by atoms with Crippen LogP contribution in [-0.2, 0) is 0 Å². The summed E-state index contributed by atoms with van der Waals surface area (Å²) in [4.78, 5) is 32.4. The number of Topliss-reactive ketones (excluding diaryl/α,β-unsaturated/α-hetero) is 1. The Hall–Kier alpha value is -1.78. The van der Waals surface area contributed by atoms with Gasteiger partial charge in [-0.25, -0.2) is 0 Å². The molecular weight excluding hydrogens is 184 g/mol. The van der Waals surface area contributed by atoms with Crippen LogP contribution in [0.4, 0.5) is 0 Å². The summed E-state index contributed by atoms with van der Waals surface area (Å²) in [6.07, 6.45) is 1.94. The van der Waals surface area contributed by atoms with E-state index in [4.69, 9.17) is 0 Å².